The number of hydrogen-bond acceptors (Lipinski definition) is 5. The van der Waals surface area contributed by atoms with Crippen LogP contribution in [0.2, 0.25) is 0 Å². The van der Waals surface area contributed by atoms with Gasteiger partial charge in [0.1, 0.15) is 18.1 Å². The summed E-state index contributed by atoms with van der Waals surface area (Å²) < 4.78 is 11.2. The molecule has 0 fully saturated rings. The van der Waals surface area contributed by atoms with E-state index in [9.17, 15) is 4.79 Å². The average Bonchev–Trinajstić information content (AvgIpc) is 3.43. The topological polar surface area (TPSA) is 64.4 Å². The molecule has 0 atom stereocenters. The van der Waals surface area contributed by atoms with Crippen LogP contribution in [0.15, 0.2) is 76.5 Å². The van der Waals surface area contributed by atoms with Gasteiger partial charge in [0.2, 0.25) is 0 Å². The van der Waals surface area contributed by atoms with Crippen molar-refractivity contribution in [2.45, 2.75) is 20.0 Å². The second-order valence-electron chi connectivity index (χ2n) is 6.82. The minimum absolute atomic E-state index is 0.226. The summed E-state index contributed by atoms with van der Waals surface area (Å²) in [6.07, 6.45) is 0.743. The monoisotopic (exact) mass is 418 g/mol. The minimum Gasteiger partial charge on any atom is -0.486 e. The third kappa shape index (κ3) is 5.15. The molecule has 1 N–H and O–H groups in total. The number of thiazole rings is 1. The number of aromatic nitrogens is 1. The standard InChI is InChI=1S/C24H22N2O3S/c1-17-26-22(16-30-17)19-9-7-18(8-10-19)13-14-25-24(27)23-12-11-21(29-23)15-28-20-5-3-2-4-6-20/h2-12,16H,13-15H2,1H3,(H,25,27). The fourth-order valence-electron chi connectivity index (χ4n) is 2.99. The molecule has 1 amide bonds. The zero-order valence-corrected chi connectivity index (χ0v) is 17.4. The molecule has 4 aromatic rings. The Morgan fingerprint density at radius 3 is 2.60 bits per heavy atom. The van der Waals surface area contributed by atoms with Gasteiger partial charge in [0, 0.05) is 17.5 Å². The quantitative estimate of drug-likeness (QED) is 0.424. The lowest BCUT2D eigenvalue weighted by molar-refractivity contribution is 0.0922. The van der Waals surface area contributed by atoms with E-state index in [1.807, 2.05) is 37.3 Å². The van der Waals surface area contributed by atoms with Gasteiger partial charge >= 0.3 is 0 Å². The smallest absolute Gasteiger partial charge is 0.287 e. The maximum atomic E-state index is 12.3. The van der Waals surface area contributed by atoms with E-state index < -0.39 is 0 Å². The van der Waals surface area contributed by atoms with Crippen molar-refractivity contribution in [1.82, 2.24) is 10.3 Å². The largest absolute Gasteiger partial charge is 0.486 e. The van der Waals surface area contributed by atoms with Crippen molar-refractivity contribution in [1.29, 1.82) is 0 Å². The van der Waals surface area contributed by atoms with Crippen molar-refractivity contribution < 1.29 is 13.9 Å². The maximum absolute atomic E-state index is 12.3. The molecular formula is C24H22N2O3S. The van der Waals surface area contributed by atoms with Crippen molar-refractivity contribution in [3.63, 3.8) is 0 Å². The normalized spacial score (nSPS) is 10.7. The van der Waals surface area contributed by atoms with Crippen LogP contribution in [0.3, 0.4) is 0 Å². The van der Waals surface area contributed by atoms with Crippen molar-refractivity contribution in [3.8, 4) is 17.0 Å². The molecule has 0 unspecified atom stereocenters. The van der Waals surface area contributed by atoms with Crippen LogP contribution in [-0.2, 0) is 13.0 Å². The van der Waals surface area contributed by atoms with Gasteiger partial charge in [-0.2, -0.15) is 0 Å². The molecule has 0 bridgehead atoms. The molecule has 0 aliphatic carbocycles. The summed E-state index contributed by atoms with van der Waals surface area (Å²) in [5, 5.41) is 6.02. The second kappa shape index (κ2) is 9.41. The van der Waals surface area contributed by atoms with Crippen LogP contribution in [0.1, 0.15) is 26.9 Å². The lowest BCUT2D eigenvalue weighted by Gasteiger charge is -2.05. The number of furan rings is 1. The first-order valence-electron chi connectivity index (χ1n) is 9.73. The van der Waals surface area contributed by atoms with Crippen LogP contribution in [0, 0.1) is 6.92 Å². The second-order valence-corrected chi connectivity index (χ2v) is 7.88. The number of para-hydroxylation sites is 1. The van der Waals surface area contributed by atoms with E-state index in [1.165, 1.54) is 0 Å². The minimum atomic E-state index is -0.226. The lowest BCUT2D eigenvalue weighted by atomic mass is 10.1. The SMILES string of the molecule is Cc1nc(-c2ccc(CCNC(=O)c3ccc(COc4ccccc4)o3)cc2)cs1. The molecule has 152 valence electrons. The van der Waals surface area contributed by atoms with Crippen molar-refractivity contribution in [2.24, 2.45) is 0 Å². The summed E-state index contributed by atoms with van der Waals surface area (Å²) in [4.78, 5) is 16.8. The molecule has 4 rings (SSSR count). The highest BCUT2D eigenvalue weighted by molar-refractivity contribution is 7.09. The Morgan fingerprint density at radius 1 is 1.07 bits per heavy atom. The first-order valence-corrected chi connectivity index (χ1v) is 10.6. The third-order valence-corrected chi connectivity index (χ3v) is 5.35. The van der Waals surface area contributed by atoms with Crippen molar-refractivity contribution in [3.05, 3.63) is 94.2 Å². The molecule has 0 radical (unpaired) electrons. The average molecular weight is 419 g/mol. The highest BCUT2D eigenvalue weighted by Crippen LogP contribution is 2.22. The molecule has 0 saturated heterocycles. The molecule has 0 saturated carbocycles. The number of carbonyl (C=O) groups excluding carboxylic acids is 1. The van der Waals surface area contributed by atoms with Gasteiger partial charge in [0.15, 0.2) is 5.76 Å². The number of nitrogens with one attached hydrogen (secondary N) is 1. The molecule has 0 aliphatic heterocycles. The first-order chi connectivity index (χ1) is 14.7. The van der Waals surface area contributed by atoms with Crippen LogP contribution in [0.25, 0.3) is 11.3 Å². The summed E-state index contributed by atoms with van der Waals surface area (Å²) in [5.41, 5.74) is 3.26. The molecule has 2 aromatic heterocycles. The zero-order chi connectivity index (χ0) is 20.8. The maximum Gasteiger partial charge on any atom is 0.287 e. The van der Waals surface area contributed by atoms with E-state index in [0.29, 0.717) is 12.3 Å². The number of hydrogen-bond donors (Lipinski definition) is 1. The Hall–Kier alpha value is -3.38. The Kier molecular flexibility index (Phi) is 6.25. The Balaban J connectivity index is 1.24. The summed E-state index contributed by atoms with van der Waals surface area (Å²) in [7, 11) is 0. The molecular weight excluding hydrogens is 396 g/mol. The van der Waals surface area contributed by atoms with Crippen LogP contribution < -0.4 is 10.1 Å². The molecule has 2 aromatic carbocycles. The Labute approximate surface area is 179 Å². The van der Waals surface area contributed by atoms with Gasteiger partial charge in [-0.15, -0.1) is 11.3 Å². The first kappa shape index (κ1) is 19.9. The number of benzene rings is 2. The van der Waals surface area contributed by atoms with Gasteiger partial charge in [-0.05, 0) is 43.2 Å². The fourth-order valence-corrected chi connectivity index (χ4v) is 3.62. The molecule has 30 heavy (non-hydrogen) atoms. The van der Waals surface area contributed by atoms with E-state index in [1.54, 1.807) is 23.5 Å². The zero-order valence-electron chi connectivity index (χ0n) is 16.6. The Bertz CT molecular complexity index is 1100. The van der Waals surface area contributed by atoms with Crippen LogP contribution in [0.5, 0.6) is 5.75 Å². The van der Waals surface area contributed by atoms with Gasteiger partial charge in [-0.1, -0.05) is 42.5 Å². The number of amides is 1. The summed E-state index contributed by atoms with van der Waals surface area (Å²) in [6.45, 7) is 2.82. The van der Waals surface area contributed by atoms with Gasteiger partial charge in [0.25, 0.3) is 5.91 Å². The van der Waals surface area contributed by atoms with Gasteiger partial charge in [-0.25, -0.2) is 4.98 Å². The highest BCUT2D eigenvalue weighted by atomic mass is 32.1. The fraction of sp³-hybridized carbons (Fsp3) is 0.167. The number of rotatable bonds is 8. The number of carbonyl (C=O) groups is 1. The Morgan fingerprint density at radius 2 is 1.87 bits per heavy atom. The molecule has 5 nitrogen and oxygen atoms in total. The van der Waals surface area contributed by atoms with E-state index in [0.717, 1.165) is 34.0 Å². The highest BCUT2D eigenvalue weighted by Gasteiger charge is 2.11. The van der Waals surface area contributed by atoms with Gasteiger partial charge < -0.3 is 14.5 Å². The predicted molar refractivity (Wildman–Crippen MR) is 118 cm³/mol. The summed E-state index contributed by atoms with van der Waals surface area (Å²) >= 11 is 1.65. The van der Waals surface area contributed by atoms with Crippen LogP contribution in [-0.4, -0.2) is 17.4 Å². The van der Waals surface area contributed by atoms with Gasteiger partial charge in [0.05, 0.1) is 10.7 Å². The number of aryl methyl sites for hydroxylation is 1. The molecule has 0 spiro atoms. The number of ether oxygens (including phenoxy) is 1. The molecule has 0 aliphatic rings. The van der Waals surface area contributed by atoms with E-state index >= 15 is 0 Å². The third-order valence-electron chi connectivity index (χ3n) is 4.58. The van der Waals surface area contributed by atoms with E-state index in [2.05, 4.69) is 39.9 Å². The number of nitrogens with zero attached hydrogens (tertiary/aromatic N) is 1. The van der Waals surface area contributed by atoms with Crippen molar-refractivity contribution >= 4 is 17.2 Å². The van der Waals surface area contributed by atoms with E-state index in [4.69, 9.17) is 9.15 Å². The molecule has 6 heteroatoms. The van der Waals surface area contributed by atoms with E-state index in [-0.39, 0.29) is 18.3 Å². The summed E-state index contributed by atoms with van der Waals surface area (Å²) in [6, 6.07) is 21.2. The van der Waals surface area contributed by atoms with Gasteiger partial charge in [-0.3, -0.25) is 4.79 Å². The van der Waals surface area contributed by atoms with Crippen LogP contribution >= 0.6 is 11.3 Å². The molecule has 2 heterocycles. The van der Waals surface area contributed by atoms with Crippen molar-refractivity contribution in [2.75, 3.05) is 6.54 Å². The summed E-state index contributed by atoms with van der Waals surface area (Å²) in [5.74, 6) is 1.43. The van der Waals surface area contributed by atoms with Crippen LogP contribution in [0.4, 0.5) is 0 Å². The predicted octanol–water partition coefficient (Wildman–Crippen LogP) is 5.26. The lowest BCUT2D eigenvalue weighted by Crippen LogP contribution is -2.25.